The topological polar surface area (TPSA) is 40.5 Å². The summed E-state index contributed by atoms with van der Waals surface area (Å²) in [6, 6.07) is 5.97. The van der Waals surface area contributed by atoms with Gasteiger partial charge in [0.1, 0.15) is 5.75 Å². The summed E-state index contributed by atoms with van der Waals surface area (Å²) in [6.45, 7) is 2.36. The number of fused-ring (bicyclic) bond motifs is 5. The van der Waals surface area contributed by atoms with Gasteiger partial charge in [0.05, 0.1) is 6.10 Å². The lowest BCUT2D eigenvalue weighted by atomic mass is 9.57. The predicted molar refractivity (Wildman–Crippen MR) is 78.7 cm³/mol. The summed E-state index contributed by atoms with van der Waals surface area (Å²) in [5.41, 5.74) is 2.83. The Kier molecular flexibility index (Phi) is 2.85. The zero-order valence-corrected chi connectivity index (χ0v) is 12.1. The van der Waals surface area contributed by atoms with Crippen molar-refractivity contribution in [2.75, 3.05) is 0 Å². The molecule has 0 heterocycles. The molecule has 3 aliphatic rings. The van der Waals surface area contributed by atoms with Gasteiger partial charge in [-0.25, -0.2) is 0 Å². The van der Waals surface area contributed by atoms with Crippen LogP contribution in [0.5, 0.6) is 5.75 Å². The summed E-state index contributed by atoms with van der Waals surface area (Å²) in [5.74, 6) is 3.72. The van der Waals surface area contributed by atoms with E-state index in [1.807, 2.05) is 12.1 Å². The Bertz CT molecular complexity index is 524. The molecular formula is C18H24O2. The highest BCUT2D eigenvalue weighted by Crippen LogP contribution is 2.57. The molecule has 3 aliphatic carbocycles. The van der Waals surface area contributed by atoms with E-state index >= 15 is 0 Å². The maximum atomic E-state index is 10.2. The van der Waals surface area contributed by atoms with Gasteiger partial charge in [0, 0.05) is 0 Å². The number of phenols is 1. The molecule has 6 atom stereocenters. The Morgan fingerprint density at radius 2 is 1.90 bits per heavy atom. The van der Waals surface area contributed by atoms with E-state index in [0.29, 0.717) is 23.5 Å². The van der Waals surface area contributed by atoms with Crippen molar-refractivity contribution in [3.63, 3.8) is 0 Å². The molecule has 2 heteroatoms. The number of aliphatic hydroxyl groups is 1. The Hall–Kier alpha value is -1.02. The molecular weight excluding hydrogens is 248 g/mol. The van der Waals surface area contributed by atoms with Gasteiger partial charge in [-0.05, 0) is 85.0 Å². The third-order valence-electron chi connectivity index (χ3n) is 6.34. The van der Waals surface area contributed by atoms with Gasteiger partial charge in [0.2, 0.25) is 0 Å². The van der Waals surface area contributed by atoms with Crippen LogP contribution in [0.25, 0.3) is 0 Å². The molecule has 108 valence electrons. The lowest BCUT2D eigenvalue weighted by Gasteiger charge is -2.48. The summed E-state index contributed by atoms with van der Waals surface area (Å²) in [4.78, 5) is 0. The standard InChI is InChI=1S/C18H24O2/c1-10-8-16-14(6-7-17(16)20)15-4-2-11-9-12(19)3-5-13(11)18(10)15/h3,5,9-10,14-20H,2,4,6-8H2,1H3/t10-,14-,15-,16-,17?,18+/m0/s1. The number of rotatable bonds is 0. The minimum Gasteiger partial charge on any atom is -0.508 e. The second-order valence-corrected chi connectivity index (χ2v) is 7.30. The first-order chi connectivity index (χ1) is 9.65. The minimum atomic E-state index is -0.0513. The van der Waals surface area contributed by atoms with Crippen molar-refractivity contribution in [1.29, 1.82) is 0 Å². The van der Waals surface area contributed by atoms with E-state index in [1.165, 1.54) is 30.4 Å². The Labute approximate surface area is 120 Å². The van der Waals surface area contributed by atoms with Gasteiger partial charge in [-0.3, -0.25) is 0 Å². The quantitative estimate of drug-likeness (QED) is 0.759. The fourth-order valence-electron chi connectivity index (χ4n) is 5.59. The number of hydrogen-bond acceptors (Lipinski definition) is 2. The smallest absolute Gasteiger partial charge is 0.115 e. The van der Waals surface area contributed by atoms with E-state index < -0.39 is 0 Å². The molecule has 0 aliphatic heterocycles. The van der Waals surface area contributed by atoms with Crippen molar-refractivity contribution in [3.05, 3.63) is 29.3 Å². The van der Waals surface area contributed by atoms with Gasteiger partial charge in [0.15, 0.2) is 0 Å². The molecule has 0 bridgehead atoms. The molecule has 20 heavy (non-hydrogen) atoms. The van der Waals surface area contributed by atoms with Gasteiger partial charge in [-0.1, -0.05) is 13.0 Å². The molecule has 0 radical (unpaired) electrons. The van der Waals surface area contributed by atoms with Gasteiger partial charge >= 0.3 is 0 Å². The van der Waals surface area contributed by atoms with Crippen LogP contribution in [0, 0.1) is 23.7 Å². The lowest BCUT2D eigenvalue weighted by molar-refractivity contribution is 0.0310. The van der Waals surface area contributed by atoms with Crippen molar-refractivity contribution >= 4 is 0 Å². The van der Waals surface area contributed by atoms with E-state index in [-0.39, 0.29) is 6.10 Å². The summed E-state index contributed by atoms with van der Waals surface area (Å²) in [5, 5.41) is 19.9. The molecule has 4 rings (SSSR count). The number of hydrogen-bond donors (Lipinski definition) is 2. The van der Waals surface area contributed by atoms with Crippen molar-refractivity contribution in [2.45, 2.75) is 51.0 Å². The average molecular weight is 272 g/mol. The molecule has 2 fully saturated rings. The minimum absolute atomic E-state index is 0.0513. The first kappa shape index (κ1) is 12.7. The number of aryl methyl sites for hydroxylation is 1. The fraction of sp³-hybridized carbons (Fsp3) is 0.667. The highest BCUT2D eigenvalue weighted by molar-refractivity contribution is 5.40. The molecule has 0 amide bonds. The molecule has 2 saturated carbocycles. The van der Waals surface area contributed by atoms with Crippen molar-refractivity contribution in [2.24, 2.45) is 23.7 Å². The molecule has 0 saturated heterocycles. The Balaban J connectivity index is 1.73. The normalized spacial score (nSPS) is 42.7. The lowest BCUT2D eigenvalue weighted by Crippen LogP contribution is -2.40. The van der Waals surface area contributed by atoms with Crippen LogP contribution in [0.4, 0.5) is 0 Å². The van der Waals surface area contributed by atoms with Gasteiger partial charge in [-0.2, -0.15) is 0 Å². The average Bonchev–Trinajstić information content (AvgIpc) is 2.80. The van der Waals surface area contributed by atoms with Crippen LogP contribution in [-0.2, 0) is 6.42 Å². The zero-order valence-electron chi connectivity index (χ0n) is 12.1. The summed E-state index contributed by atoms with van der Waals surface area (Å²) >= 11 is 0. The van der Waals surface area contributed by atoms with E-state index in [0.717, 1.165) is 24.7 Å². The highest BCUT2D eigenvalue weighted by atomic mass is 16.3. The van der Waals surface area contributed by atoms with E-state index in [1.54, 1.807) is 0 Å². The third-order valence-corrected chi connectivity index (χ3v) is 6.34. The maximum Gasteiger partial charge on any atom is 0.115 e. The molecule has 2 nitrogen and oxygen atoms in total. The number of benzene rings is 1. The third kappa shape index (κ3) is 1.74. The summed E-state index contributed by atoms with van der Waals surface area (Å²) < 4.78 is 0. The Morgan fingerprint density at radius 1 is 1.05 bits per heavy atom. The van der Waals surface area contributed by atoms with Crippen LogP contribution in [0.2, 0.25) is 0 Å². The number of aliphatic hydroxyl groups excluding tert-OH is 1. The van der Waals surface area contributed by atoms with Crippen LogP contribution in [0.1, 0.15) is 49.7 Å². The van der Waals surface area contributed by atoms with E-state index in [9.17, 15) is 10.2 Å². The second kappa shape index (κ2) is 4.49. The molecule has 0 aromatic heterocycles. The number of phenolic OH excluding ortho intramolecular Hbond substituents is 1. The van der Waals surface area contributed by atoms with Crippen molar-refractivity contribution in [1.82, 2.24) is 0 Å². The molecule has 2 N–H and O–H groups in total. The van der Waals surface area contributed by atoms with Gasteiger partial charge < -0.3 is 10.2 Å². The predicted octanol–water partition coefficient (Wildman–Crippen LogP) is 3.47. The van der Waals surface area contributed by atoms with Crippen LogP contribution in [0.15, 0.2) is 18.2 Å². The van der Waals surface area contributed by atoms with Crippen LogP contribution >= 0.6 is 0 Å². The summed E-state index contributed by atoms with van der Waals surface area (Å²) in [7, 11) is 0. The molecule has 0 spiro atoms. The first-order valence-electron chi connectivity index (χ1n) is 8.15. The second-order valence-electron chi connectivity index (χ2n) is 7.30. The van der Waals surface area contributed by atoms with E-state index in [2.05, 4.69) is 13.0 Å². The number of aromatic hydroxyl groups is 1. The highest BCUT2D eigenvalue weighted by Gasteiger charge is 2.49. The van der Waals surface area contributed by atoms with Crippen LogP contribution < -0.4 is 0 Å². The largest absolute Gasteiger partial charge is 0.508 e. The van der Waals surface area contributed by atoms with Crippen LogP contribution in [0.3, 0.4) is 0 Å². The van der Waals surface area contributed by atoms with Crippen molar-refractivity contribution < 1.29 is 10.2 Å². The molecule has 1 aromatic carbocycles. The molecule has 1 aromatic rings. The van der Waals surface area contributed by atoms with Crippen molar-refractivity contribution in [3.8, 4) is 5.75 Å². The summed E-state index contributed by atoms with van der Waals surface area (Å²) in [6.07, 6.45) is 5.68. The van der Waals surface area contributed by atoms with E-state index in [4.69, 9.17) is 0 Å². The Morgan fingerprint density at radius 3 is 2.75 bits per heavy atom. The maximum absolute atomic E-state index is 10.2. The van der Waals surface area contributed by atoms with Gasteiger partial charge in [0.25, 0.3) is 0 Å². The molecule has 1 unspecified atom stereocenters. The fourth-order valence-corrected chi connectivity index (χ4v) is 5.59. The first-order valence-corrected chi connectivity index (χ1v) is 8.15. The monoisotopic (exact) mass is 272 g/mol. The van der Waals surface area contributed by atoms with Crippen LogP contribution in [-0.4, -0.2) is 16.3 Å². The van der Waals surface area contributed by atoms with Gasteiger partial charge in [-0.15, -0.1) is 0 Å². The zero-order chi connectivity index (χ0) is 13.9. The SMILES string of the molecule is C[C@H]1C[C@@H]2C(O)CC[C@H]2[C@@H]2CCc3cc(O)ccc3[C@H]21.